The summed E-state index contributed by atoms with van der Waals surface area (Å²) in [6, 6.07) is 15.4. The molecule has 7 nitrogen and oxygen atoms in total. The third kappa shape index (κ3) is 5.51. The number of carboxylic acid groups (broad SMARTS) is 1. The number of hydrogen-bond acceptors (Lipinski definition) is 5. The van der Waals surface area contributed by atoms with Crippen molar-refractivity contribution in [3.63, 3.8) is 0 Å². The van der Waals surface area contributed by atoms with Crippen LogP contribution in [0.1, 0.15) is 66.3 Å². The van der Waals surface area contributed by atoms with Crippen molar-refractivity contribution in [1.82, 2.24) is 25.5 Å². The highest BCUT2D eigenvalue weighted by Crippen LogP contribution is 2.27. The number of unbranched alkanes of at least 4 members (excludes halogenated alkanes) is 1. The van der Waals surface area contributed by atoms with Crippen molar-refractivity contribution in [2.75, 3.05) is 0 Å². The van der Waals surface area contributed by atoms with Crippen LogP contribution in [-0.4, -0.2) is 31.3 Å². The average Bonchev–Trinajstić information content (AvgIpc) is 3.17. The van der Waals surface area contributed by atoms with E-state index in [4.69, 9.17) is 0 Å². The summed E-state index contributed by atoms with van der Waals surface area (Å²) >= 11 is 0. The average molecular weight is 408 g/mol. The summed E-state index contributed by atoms with van der Waals surface area (Å²) in [7, 11) is 0. The highest BCUT2D eigenvalue weighted by molar-refractivity contribution is 5.68. The molecule has 7 heteroatoms. The van der Waals surface area contributed by atoms with Gasteiger partial charge in [-0.05, 0) is 41.8 Å². The van der Waals surface area contributed by atoms with Crippen LogP contribution in [0.3, 0.4) is 0 Å². The van der Waals surface area contributed by atoms with Gasteiger partial charge < -0.3 is 5.11 Å². The first kappa shape index (κ1) is 21.6. The molecular weight excluding hydrogens is 378 g/mol. The van der Waals surface area contributed by atoms with Crippen molar-refractivity contribution in [3.05, 3.63) is 76.6 Å². The van der Waals surface area contributed by atoms with Gasteiger partial charge in [0.15, 0.2) is 5.82 Å². The second kappa shape index (κ2) is 10.1. The van der Waals surface area contributed by atoms with Crippen LogP contribution in [0.15, 0.2) is 48.5 Å². The molecule has 2 unspecified atom stereocenters. The predicted octanol–water partition coefficient (Wildman–Crippen LogP) is 3.99. The van der Waals surface area contributed by atoms with Crippen LogP contribution in [0, 0.1) is 13.8 Å². The Hall–Kier alpha value is -3.06. The van der Waals surface area contributed by atoms with Crippen LogP contribution in [-0.2, 0) is 11.3 Å². The van der Waals surface area contributed by atoms with Crippen LogP contribution in [0.2, 0.25) is 0 Å². The minimum absolute atomic E-state index is 0.0394. The number of nitrogens with one attached hydrogen (secondary N) is 1. The number of aromatic nitrogens is 4. The van der Waals surface area contributed by atoms with Gasteiger partial charge in [0.05, 0.1) is 12.5 Å². The standard InChI is InChI=1S/C23H29N5O2/c1-4-5-12-28-23(25-26-27-28)22(19-11-7-9-17(3)14-19)24-20(15-21(29)30)18-10-6-8-16(2)13-18/h6-11,13-14,20,22,24H,4-5,12,15H2,1-3H3,(H,29,30). The maximum absolute atomic E-state index is 11.6. The fourth-order valence-corrected chi connectivity index (χ4v) is 3.59. The zero-order valence-electron chi connectivity index (χ0n) is 17.7. The first-order chi connectivity index (χ1) is 14.5. The number of carbonyl (C=O) groups is 1. The molecule has 158 valence electrons. The molecule has 1 heterocycles. The lowest BCUT2D eigenvalue weighted by Gasteiger charge is -2.25. The monoisotopic (exact) mass is 407 g/mol. The van der Waals surface area contributed by atoms with Gasteiger partial charge >= 0.3 is 5.97 Å². The number of aliphatic carboxylic acids is 1. The van der Waals surface area contributed by atoms with E-state index in [1.165, 1.54) is 0 Å². The Morgan fingerprint density at radius 2 is 1.77 bits per heavy atom. The molecule has 3 rings (SSSR count). The van der Waals surface area contributed by atoms with E-state index >= 15 is 0 Å². The number of tetrazole rings is 1. The van der Waals surface area contributed by atoms with E-state index in [0.29, 0.717) is 5.82 Å². The maximum atomic E-state index is 11.6. The van der Waals surface area contributed by atoms with Crippen LogP contribution in [0.4, 0.5) is 0 Å². The maximum Gasteiger partial charge on any atom is 0.305 e. The van der Waals surface area contributed by atoms with Crippen molar-refractivity contribution in [2.24, 2.45) is 0 Å². The van der Waals surface area contributed by atoms with E-state index in [1.807, 2.05) is 61.0 Å². The van der Waals surface area contributed by atoms with Crippen LogP contribution >= 0.6 is 0 Å². The molecule has 30 heavy (non-hydrogen) atoms. The van der Waals surface area contributed by atoms with Gasteiger partial charge in [0.25, 0.3) is 0 Å². The lowest BCUT2D eigenvalue weighted by molar-refractivity contribution is -0.137. The molecule has 0 fully saturated rings. The molecule has 3 aromatic rings. The highest BCUT2D eigenvalue weighted by atomic mass is 16.4. The Kier molecular flexibility index (Phi) is 7.30. The summed E-state index contributed by atoms with van der Waals surface area (Å²) in [5, 5.41) is 25.5. The zero-order valence-corrected chi connectivity index (χ0v) is 17.7. The molecule has 0 aliphatic rings. The van der Waals surface area contributed by atoms with Crippen molar-refractivity contribution >= 4 is 5.97 Å². The highest BCUT2D eigenvalue weighted by Gasteiger charge is 2.26. The summed E-state index contributed by atoms with van der Waals surface area (Å²) in [6.45, 7) is 6.89. The minimum Gasteiger partial charge on any atom is -0.481 e. The number of carboxylic acids is 1. The molecule has 0 aliphatic heterocycles. The lowest BCUT2D eigenvalue weighted by atomic mass is 9.97. The van der Waals surface area contributed by atoms with Gasteiger partial charge in [0.1, 0.15) is 0 Å². The number of nitrogens with zero attached hydrogens (tertiary/aromatic N) is 4. The number of rotatable bonds is 10. The first-order valence-corrected chi connectivity index (χ1v) is 10.3. The largest absolute Gasteiger partial charge is 0.481 e. The SMILES string of the molecule is CCCCn1nnnc1C(NC(CC(=O)O)c1cccc(C)c1)c1cccc(C)c1. The van der Waals surface area contributed by atoms with Crippen molar-refractivity contribution < 1.29 is 9.90 Å². The number of hydrogen-bond donors (Lipinski definition) is 2. The van der Waals surface area contributed by atoms with E-state index in [2.05, 4.69) is 33.8 Å². The Balaban J connectivity index is 2.02. The summed E-state index contributed by atoms with van der Waals surface area (Å²) in [5.74, 6) is -0.167. The molecule has 0 aliphatic carbocycles. The van der Waals surface area contributed by atoms with Crippen LogP contribution in [0.25, 0.3) is 0 Å². The molecule has 0 radical (unpaired) electrons. The van der Waals surface area contributed by atoms with Gasteiger partial charge in [0, 0.05) is 12.6 Å². The van der Waals surface area contributed by atoms with Crippen LogP contribution < -0.4 is 5.32 Å². The second-order valence-electron chi connectivity index (χ2n) is 7.69. The molecule has 2 aromatic carbocycles. The molecule has 1 aromatic heterocycles. The summed E-state index contributed by atoms with van der Waals surface area (Å²) in [6.07, 6.45) is 1.96. The minimum atomic E-state index is -0.859. The second-order valence-corrected chi connectivity index (χ2v) is 7.69. The smallest absolute Gasteiger partial charge is 0.305 e. The van der Waals surface area contributed by atoms with Crippen molar-refractivity contribution in [1.29, 1.82) is 0 Å². The van der Waals surface area contributed by atoms with Crippen LogP contribution in [0.5, 0.6) is 0 Å². The van der Waals surface area contributed by atoms with E-state index in [9.17, 15) is 9.90 Å². The molecule has 0 saturated carbocycles. The Labute approximate surface area is 177 Å². The quantitative estimate of drug-likeness (QED) is 0.528. The van der Waals surface area contributed by atoms with Gasteiger partial charge in [-0.15, -0.1) is 5.10 Å². The van der Waals surface area contributed by atoms with E-state index in [1.54, 1.807) is 0 Å². The van der Waals surface area contributed by atoms with E-state index in [-0.39, 0.29) is 18.5 Å². The van der Waals surface area contributed by atoms with Crippen molar-refractivity contribution in [2.45, 2.75) is 58.7 Å². The first-order valence-electron chi connectivity index (χ1n) is 10.3. The fraction of sp³-hybridized carbons (Fsp3) is 0.391. The van der Waals surface area contributed by atoms with Gasteiger partial charge in [-0.1, -0.05) is 73.0 Å². The molecule has 2 N–H and O–H groups in total. The predicted molar refractivity (Wildman–Crippen MR) is 115 cm³/mol. The van der Waals surface area contributed by atoms with Gasteiger partial charge in [-0.2, -0.15) is 0 Å². The van der Waals surface area contributed by atoms with Gasteiger partial charge in [-0.25, -0.2) is 4.68 Å². The molecule has 2 atom stereocenters. The summed E-state index contributed by atoms with van der Waals surface area (Å²) < 4.78 is 1.82. The summed E-state index contributed by atoms with van der Waals surface area (Å²) in [4.78, 5) is 11.6. The fourth-order valence-electron chi connectivity index (χ4n) is 3.59. The Morgan fingerprint density at radius 3 is 2.40 bits per heavy atom. The topological polar surface area (TPSA) is 92.9 Å². The number of aryl methyl sites for hydroxylation is 3. The molecule has 0 amide bonds. The molecule has 0 saturated heterocycles. The van der Waals surface area contributed by atoms with Crippen molar-refractivity contribution in [3.8, 4) is 0 Å². The third-order valence-electron chi connectivity index (χ3n) is 5.11. The van der Waals surface area contributed by atoms with E-state index in [0.717, 1.165) is 41.6 Å². The zero-order chi connectivity index (χ0) is 21.5. The third-order valence-corrected chi connectivity index (χ3v) is 5.11. The summed E-state index contributed by atoms with van der Waals surface area (Å²) in [5.41, 5.74) is 4.15. The van der Waals surface area contributed by atoms with Gasteiger partial charge in [0.2, 0.25) is 0 Å². The van der Waals surface area contributed by atoms with Gasteiger partial charge in [-0.3, -0.25) is 10.1 Å². The normalized spacial score (nSPS) is 13.2. The van der Waals surface area contributed by atoms with E-state index < -0.39 is 5.97 Å². The Morgan fingerprint density at radius 1 is 1.10 bits per heavy atom. The Bertz CT molecular complexity index is 985. The molecular formula is C23H29N5O2. The molecule has 0 bridgehead atoms. The lowest BCUT2D eigenvalue weighted by Crippen LogP contribution is -2.31. The number of benzene rings is 2. The molecule has 0 spiro atoms.